The molecule has 3 aliphatic rings. The van der Waals surface area contributed by atoms with Crippen LogP contribution in [0.15, 0.2) is 42.5 Å². The van der Waals surface area contributed by atoms with E-state index in [9.17, 15) is 14.0 Å². The molecule has 2 fully saturated rings. The van der Waals surface area contributed by atoms with E-state index in [4.69, 9.17) is 4.74 Å². The van der Waals surface area contributed by atoms with Gasteiger partial charge in [-0.05, 0) is 37.1 Å². The summed E-state index contributed by atoms with van der Waals surface area (Å²) in [5, 5.41) is 0. The molecule has 1 aliphatic carbocycles. The number of methoxy groups -OCH3 is 1. The maximum Gasteiger partial charge on any atom is 0.268 e. The molecule has 1 atom stereocenters. The zero-order valence-corrected chi connectivity index (χ0v) is 16.9. The Hall–Kier alpha value is -2.54. The highest BCUT2D eigenvalue weighted by Gasteiger charge is 2.60. The summed E-state index contributed by atoms with van der Waals surface area (Å²) in [5.74, 6) is 0.865. The predicted molar refractivity (Wildman–Crippen MR) is 109 cm³/mol. The van der Waals surface area contributed by atoms with Gasteiger partial charge < -0.3 is 14.5 Å². The van der Waals surface area contributed by atoms with E-state index in [0.29, 0.717) is 29.3 Å². The Kier molecular flexibility index (Phi) is 4.31. The van der Waals surface area contributed by atoms with Crippen molar-refractivity contribution in [3.63, 3.8) is 0 Å². The van der Waals surface area contributed by atoms with Crippen molar-refractivity contribution in [2.24, 2.45) is 5.92 Å². The van der Waals surface area contributed by atoms with E-state index >= 15 is 0 Å². The van der Waals surface area contributed by atoms with Crippen LogP contribution in [-0.2, 0) is 21.0 Å². The summed E-state index contributed by atoms with van der Waals surface area (Å²) in [6, 6.07) is 12.0. The van der Waals surface area contributed by atoms with Crippen molar-refractivity contribution in [2.75, 3.05) is 24.3 Å². The van der Waals surface area contributed by atoms with Gasteiger partial charge in [0.15, 0.2) is 4.87 Å². The number of carbonyl (C=O) groups excluding carboxylic acids is 2. The standard InChI is InChI=1S/C22H21FN2O3S/c1-28-16-8-9-19-17(12-16)22(25(10-11-29-22)20(26)14-6-7-14)21(27)24(19)13-15-4-2-3-5-18(15)23/h2-5,8-9,12,14H,6-7,10-11,13H2,1H3/t22-/m0/s1. The van der Waals surface area contributed by atoms with Crippen LogP contribution in [0.4, 0.5) is 10.1 Å². The number of ether oxygens (including phenoxy) is 1. The second-order valence-corrected chi connectivity index (χ2v) is 8.91. The zero-order valence-electron chi connectivity index (χ0n) is 16.1. The Morgan fingerprint density at radius 1 is 1.28 bits per heavy atom. The molecule has 5 nitrogen and oxygen atoms in total. The summed E-state index contributed by atoms with van der Waals surface area (Å²) in [5.41, 5.74) is 1.92. The molecule has 1 spiro atoms. The number of benzene rings is 2. The SMILES string of the molecule is COc1ccc2c(c1)[C@]1(SCCN1C(=O)C1CC1)C(=O)N2Cc1ccccc1F. The molecule has 29 heavy (non-hydrogen) atoms. The van der Waals surface area contributed by atoms with Gasteiger partial charge in [-0.25, -0.2) is 4.39 Å². The highest BCUT2D eigenvalue weighted by Crippen LogP contribution is 2.56. The van der Waals surface area contributed by atoms with E-state index < -0.39 is 4.87 Å². The average Bonchev–Trinajstić information content (AvgIpc) is 3.45. The summed E-state index contributed by atoms with van der Waals surface area (Å²) in [4.78, 5) is 29.1. The Bertz CT molecular complexity index is 1010. The minimum atomic E-state index is -1.09. The lowest BCUT2D eigenvalue weighted by Gasteiger charge is -2.33. The number of anilines is 1. The largest absolute Gasteiger partial charge is 0.497 e. The Labute approximate surface area is 172 Å². The molecule has 0 aromatic heterocycles. The number of nitrogens with zero attached hydrogens (tertiary/aromatic N) is 2. The van der Waals surface area contributed by atoms with Crippen molar-refractivity contribution in [3.8, 4) is 5.75 Å². The van der Waals surface area contributed by atoms with Gasteiger partial charge in [0.05, 0.1) is 19.3 Å². The fourth-order valence-electron chi connectivity index (χ4n) is 4.25. The lowest BCUT2D eigenvalue weighted by Crippen LogP contribution is -2.50. The van der Waals surface area contributed by atoms with E-state index in [1.807, 2.05) is 12.1 Å². The van der Waals surface area contributed by atoms with Gasteiger partial charge in [-0.15, -0.1) is 11.8 Å². The smallest absolute Gasteiger partial charge is 0.268 e. The van der Waals surface area contributed by atoms with Crippen LogP contribution in [0.1, 0.15) is 24.0 Å². The topological polar surface area (TPSA) is 49.9 Å². The fourth-order valence-corrected chi connectivity index (χ4v) is 5.71. The van der Waals surface area contributed by atoms with Gasteiger partial charge in [0.1, 0.15) is 11.6 Å². The van der Waals surface area contributed by atoms with Crippen LogP contribution in [0.3, 0.4) is 0 Å². The summed E-state index contributed by atoms with van der Waals surface area (Å²) in [6.07, 6.45) is 1.77. The molecular formula is C22H21FN2O3S. The Morgan fingerprint density at radius 2 is 2.07 bits per heavy atom. The van der Waals surface area contributed by atoms with E-state index in [0.717, 1.165) is 18.4 Å². The Morgan fingerprint density at radius 3 is 2.79 bits per heavy atom. The summed E-state index contributed by atoms with van der Waals surface area (Å²) in [7, 11) is 1.58. The molecule has 2 aliphatic heterocycles. The molecule has 0 radical (unpaired) electrons. The highest BCUT2D eigenvalue weighted by molar-refractivity contribution is 8.01. The third-order valence-corrected chi connectivity index (χ3v) is 7.30. The first kappa shape index (κ1) is 18.5. The molecule has 0 N–H and O–H groups in total. The minimum Gasteiger partial charge on any atom is -0.497 e. The van der Waals surface area contributed by atoms with E-state index in [1.165, 1.54) is 17.8 Å². The van der Waals surface area contributed by atoms with Gasteiger partial charge in [-0.1, -0.05) is 18.2 Å². The van der Waals surface area contributed by atoms with Gasteiger partial charge in [-0.2, -0.15) is 0 Å². The zero-order chi connectivity index (χ0) is 20.2. The fraction of sp³-hybridized carbons (Fsp3) is 0.364. The molecule has 2 heterocycles. The molecule has 5 rings (SSSR count). The number of halogens is 1. The first-order valence-electron chi connectivity index (χ1n) is 9.75. The van der Waals surface area contributed by atoms with Crippen LogP contribution >= 0.6 is 11.8 Å². The van der Waals surface area contributed by atoms with Gasteiger partial charge in [0.2, 0.25) is 5.91 Å². The number of carbonyl (C=O) groups is 2. The number of hydrogen-bond acceptors (Lipinski definition) is 4. The van der Waals surface area contributed by atoms with Gasteiger partial charge in [0, 0.05) is 29.3 Å². The van der Waals surface area contributed by atoms with Crippen LogP contribution in [0.2, 0.25) is 0 Å². The van der Waals surface area contributed by atoms with Crippen molar-refractivity contribution in [3.05, 3.63) is 59.4 Å². The maximum absolute atomic E-state index is 14.3. The lowest BCUT2D eigenvalue weighted by molar-refractivity contribution is -0.141. The number of thioether (sulfide) groups is 1. The molecular weight excluding hydrogens is 391 g/mol. The molecule has 1 saturated heterocycles. The summed E-state index contributed by atoms with van der Waals surface area (Å²) in [6.45, 7) is 0.661. The summed E-state index contributed by atoms with van der Waals surface area (Å²) >= 11 is 1.49. The molecule has 150 valence electrons. The Balaban J connectivity index is 1.62. The highest BCUT2D eigenvalue weighted by atomic mass is 32.2. The molecule has 0 bridgehead atoms. The van der Waals surface area contributed by atoms with Crippen molar-refractivity contribution in [1.29, 1.82) is 0 Å². The molecule has 7 heteroatoms. The number of amides is 2. The van der Waals surface area contributed by atoms with Crippen LogP contribution in [0, 0.1) is 11.7 Å². The van der Waals surface area contributed by atoms with E-state index in [2.05, 4.69) is 0 Å². The van der Waals surface area contributed by atoms with Gasteiger partial charge in [-0.3, -0.25) is 9.59 Å². The monoisotopic (exact) mass is 412 g/mol. The average molecular weight is 412 g/mol. The molecule has 2 aromatic rings. The molecule has 2 amide bonds. The minimum absolute atomic E-state index is 0.0213. The quantitative estimate of drug-likeness (QED) is 0.771. The van der Waals surface area contributed by atoms with Crippen molar-refractivity contribution >= 4 is 29.3 Å². The number of fused-ring (bicyclic) bond motifs is 2. The van der Waals surface area contributed by atoms with Crippen LogP contribution in [0.25, 0.3) is 0 Å². The second kappa shape index (κ2) is 6.76. The van der Waals surface area contributed by atoms with E-state index in [-0.39, 0.29) is 30.1 Å². The first-order valence-corrected chi connectivity index (χ1v) is 10.7. The van der Waals surface area contributed by atoms with Gasteiger partial charge >= 0.3 is 0 Å². The number of rotatable bonds is 4. The molecule has 2 aromatic carbocycles. The third kappa shape index (κ3) is 2.74. The maximum atomic E-state index is 14.3. The second-order valence-electron chi connectivity index (χ2n) is 7.62. The van der Waals surface area contributed by atoms with Crippen molar-refractivity contribution < 1.29 is 18.7 Å². The predicted octanol–water partition coefficient (Wildman–Crippen LogP) is 3.52. The van der Waals surface area contributed by atoms with Crippen LogP contribution in [-0.4, -0.2) is 36.1 Å². The van der Waals surface area contributed by atoms with E-state index in [1.54, 1.807) is 41.2 Å². The normalized spacial score (nSPS) is 23.0. The van der Waals surface area contributed by atoms with Crippen molar-refractivity contribution in [1.82, 2.24) is 4.90 Å². The lowest BCUT2D eigenvalue weighted by atomic mass is 10.0. The van der Waals surface area contributed by atoms with Crippen LogP contribution in [0.5, 0.6) is 5.75 Å². The number of hydrogen-bond donors (Lipinski definition) is 0. The molecule has 0 unspecified atom stereocenters. The third-order valence-electron chi connectivity index (χ3n) is 5.88. The van der Waals surface area contributed by atoms with Gasteiger partial charge in [0.25, 0.3) is 5.91 Å². The summed E-state index contributed by atoms with van der Waals surface area (Å²) < 4.78 is 19.7. The molecule has 1 saturated carbocycles. The van der Waals surface area contributed by atoms with Crippen molar-refractivity contribution in [2.45, 2.75) is 24.3 Å². The first-order chi connectivity index (χ1) is 14.1. The van der Waals surface area contributed by atoms with Crippen LogP contribution < -0.4 is 9.64 Å².